The Labute approximate surface area is 236 Å². The summed E-state index contributed by atoms with van der Waals surface area (Å²) in [5, 5.41) is 4.43. The second-order valence-corrected chi connectivity index (χ2v) is 13.4. The van der Waals surface area contributed by atoms with Crippen molar-refractivity contribution < 1.29 is 17.9 Å². The van der Waals surface area contributed by atoms with Crippen LogP contribution in [0.3, 0.4) is 0 Å². The van der Waals surface area contributed by atoms with Gasteiger partial charge >= 0.3 is 0 Å². The fourth-order valence-electron chi connectivity index (χ4n) is 5.84. The van der Waals surface area contributed by atoms with E-state index in [1.807, 2.05) is 46.0 Å². The second kappa shape index (κ2) is 12.6. The van der Waals surface area contributed by atoms with Gasteiger partial charge in [-0.15, -0.1) is 0 Å². The van der Waals surface area contributed by atoms with Crippen molar-refractivity contribution in [2.24, 2.45) is 17.6 Å². The van der Waals surface area contributed by atoms with E-state index < -0.39 is 9.84 Å². The number of aromatic nitrogens is 3. The third kappa shape index (κ3) is 6.93. The van der Waals surface area contributed by atoms with Crippen molar-refractivity contribution >= 4 is 32.6 Å². The molecule has 0 unspecified atom stereocenters. The molecule has 0 spiro atoms. The number of nitrogens with zero attached hydrogens (tertiary/aromatic N) is 4. The number of amides is 1. The van der Waals surface area contributed by atoms with Gasteiger partial charge in [-0.2, -0.15) is 4.98 Å². The first-order valence-electron chi connectivity index (χ1n) is 14.3. The Bertz CT molecular complexity index is 1410. The molecule has 10 nitrogen and oxygen atoms in total. The first-order valence-corrected chi connectivity index (χ1v) is 16.4. The van der Waals surface area contributed by atoms with Crippen LogP contribution >= 0.6 is 0 Å². The number of benzene rings is 1. The predicted octanol–water partition coefficient (Wildman–Crippen LogP) is 3.40. The number of nitrogens with two attached hydrogens (primary N) is 1. The fraction of sp³-hybridized carbons (Fsp3) is 0.552. The minimum atomic E-state index is -3.01. The zero-order valence-electron chi connectivity index (χ0n) is 23.2. The van der Waals surface area contributed by atoms with Gasteiger partial charge < -0.3 is 25.3 Å². The molecule has 2 fully saturated rings. The van der Waals surface area contributed by atoms with Gasteiger partial charge in [-0.05, 0) is 81.7 Å². The Balaban J connectivity index is 1.18. The Morgan fingerprint density at radius 2 is 1.88 bits per heavy atom. The zero-order valence-corrected chi connectivity index (χ0v) is 24.0. The van der Waals surface area contributed by atoms with Crippen molar-refractivity contribution in [1.29, 1.82) is 0 Å². The van der Waals surface area contributed by atoms with E-state index in [1.165, 1.54) is 6.26 Å². The van der Waals surface area contributed by atoms with Crippen LogP contribution in [0, 0.1) is 11.8 Å². The molecule has 40 heavy (non-hydrogen) atoms. The summed E-state index contributed by atoms with van der Waals surface area (Å²) in [5.74, 6) is 3.11. The molecule has 1 aliphatic heterocycles. The maximum atomic E-state index is 13.0. The van der Waals surface area contributed by atoms with Gasteiger partial charge in [-0.25, -0.2) is 13.4 Å². The van der Waals surface area contributed by atoms with Crippen molar-refractivity contribution in [2.75, 3.05) is 43.6 Å². The Morgan fingerprint density at radius 3 is 2.60 bits per heavy atom. The average Bonchev–Trinajstić information content (AvgIpc) is 3.40. The van der Waals surface area contributed by atoms with Gasteiger partial charge in [0, 0.05) is 49.1 Å². The molecular weight excluding hydrogens is 528 g/mol. The van der Waals surface area contributed by atoms with Gasteiger partial charge in [0.25, 0.3) is 0 Å². The van der Waals surface area contributed by atoms with E-state index in [0.29, 0.717) is 43.1 Å². The van der Waals surface area contributed by atoms with Crippen molar-refractivity contribution in [1.82, 2.24) is 19.4 Å². The highest BCUT2D eigenvalue weighted by molar-refractivity contribution is 7.90. The van der Waals surface area contributed by atoms with Gasteiger partial charge in [0.2, 0.25) is 11.9 Å². The van der Waals surface area contributed by atoms with E-state index in [0.717, 1.165) is 68.3 Å². The molecule has 5 rings (SSSR count). The number of hydrogen-bond donors (Lipinski definition) is 2. The predicted molar refractivity (Wildman–Crippen MR) is 156 cm³/mol. The lowest BCUT2D eigenvalue weighted by Gasteiger charge is -2.36. The van der Waals surface area contributed by atoms with Gasteiger partial charge in [-0.1, -0.05) is 6.07 Å². The van der Waals surface area contributed by atoms with Crippen LogP contribution in [0.2, 0.25) is 0 Å². The third-order valence-corrected chi connectivity index (χ3v) is 9.20. The number of fused-ring (bicyclic) bond motifs is 1. The molecule has 2 aliphatic rings. The van der Waals surface area contributed by atoms with Crippen LogP contribution in [0.1, 0.15) is 44.9 Å². The third-order valence-electron chi connectivity index (χ3n) is 8.17. The van der Waals surface area contributed by atoms with Crippen LogP contribution in [0.25, 0.3) is 16.7 Å². The number of likely N-dealkylation sites (tertiary alicyclic amines) is 1. The average molecular weight is 569 g/mol. The molecule has 0 atom stereocenters. The molecule has 1 aliphatic carbocycles. The van der Waals surface area contributed by atoms with E-state index in [-0.39, 0.29) is 17.7 Å². The summed E-state index contributed by atoms with van der Waals surface area (Å²) in [4.78, 5) is 24.3. The summed E-state index contributed by atoms with van der Waals surface area (Å²) in [6.07, 6.45) is 11.0. The Hall–Kier alpha value is -3.18. The smallest absolute Gasteiger partial charge is 0.225 e. The highest BCUT2D eigenvalue weighted by Crippen LogP contribution is 2.31. The van der Waals surface area contributed by atoms with E-state index >= 15 is 0 Å². The van der Waals surface area contributed by atoms with Crippen molar-refractivity contribution in [3.8, 4) is 11.6 Å². The highest BCUT2D eigenvalue weighted by Gasteiger charge is 2.31. The number of hydrogen-bond acceptors (Lipinski definition) is 8. The lowest BCUT2D eigenvalue weighted by atomic mass is 9.84. The number of ether oxygens (including phenoxy) is 1. The van der Waals surface area contributed by atoms with Crippen LogP contribution in [0.5, 0.6) is 5.75 Å². The molecule has 0 radical (unpaired) electrons. The monoisotopic (exact) mass is 568 g/mol. The Kier molecular flexibility index (Phi) is 8.90. The van der Waals surface area contributed by atoms with Crippen molar-refractivity contribution in [3.05, 3.63) is 42.7 Å². The minimum absolute atomic E-state index is 0.104. The number of anilines is 1. The fourth-order valence-corrected chi connectivity index (χ4v) is 6.48. The van der Waals surface area contributed by atoms with E-state index in [1.54, 1.807) is 6.20 Å². The molecule has 1 saturated carbocycles. The largest absolute Gasteiger partial charge is 0.493 e. The number of carbonyl (C=O) groups is 1. The number of sulfone groups is 1. The molecule has 3 aromatic rings. The molecule has 1 saturated heterocycles. The number of nitrogens with one attached hydrogen (secondary N) is 1. The SMILES string of the molecule is CS(=O)(=O)CCCOc1cccc2c1ccn2-c1ccnc(N[C@H]2CC[C@H](C(=O)N3CCC(CN)CC3)CC2)n1. The summed E-state index contributed by atoms with van der Waals surface area (Å²) in [6.45, 7) is 2.72. The van der Waals surface area contributed by atoms with E-state index in [9.17, 15) is 13.2 Å². The van der Waals surface area contributed by atoms with Gasteiger partial charge in [0.1, 0.15) is 21.4 Å². The van der Waals surface area contributed by atoms with Crippen LogP contribution < -0.4 is 15.8 Å². The zero-order chi connectivity index (χ0) is 28.1. The highest BCUT2D eigenvalue weighted by atomic mass is 32.2. The molecule has 3 heterocycles. The maximum absolute atomic E-state index is 13.0. The normalized spacial score (nSPS) is 20.5. The first-order chi connectivity index (χ1) is 19.3. The standard InChI is InChI=1S/C29H40N6O4S/c1-40(37,38)19-3-18-39-26-5-2-4-25-24(26)13-17-35(25)27-10-14-31-29(33-27)32-23-8-6-22(7-9-23)28(36)34-15-11-21(20-30)12-16-34/h2,4-5,10,13-14,17,21-23H,3,6-9,11-12,15-16,18-20,30H2,1H3,(H,31,32,33)/t22-,23-. The lowest BCUT2D eigenvalue weighted by Crippen LogP contribution is -2.44. The quantitative estimate of drug-likeness (QED) is 0.356. The number of carbonyl (C=O) groups excluding carboxylic acids is 1. The molecule has 2 aromatic heterocycles. The molecular formula is C29H40N6O4S. The first kappa shape index (κ1) is 28.4. The number of rotatable bonds is 10. The van der Waals surface area contributed by atoms with Crippen LogP contribution in [0.4, 0.5) is 5.95 Å². The minimum Gasteiger partial charge on any atom is -0.493 e. The molecule has 1 amide bonds. The molecule has 11 heteroatoms. The maximum Gasteiger partial charge on any atom is 0.225 e. The molecule has 216 valence electrons. The summed E-state index contributed by atoms with van der Waals surface area (Å²) < 4.78 is 30.7. The summed E-state index contributed by atoms with van der Waals surface area (Å²) in [6, 6.07) is 9.90. The molecule has 3 N–H and O–H groups in total. The second-order valence-electron chi connectivity index (χ2n) is 11.1. The van der Waals surface area contributed by atoms with Gasteiger partial charge in [-0.3, -0.25) is 4.79 Å². The van der Waals surface area contributed by atoms with Gasteiger partial charge in [0.05, 0.1) is 17.9 Å². The van der Waals surface area contributed by atoms with Crippen LogP contribution in [-0.2, 0) is 14.6 Å². The number of piperidine rings is 1. The summed E-state index contributed by atoms with van der Waals surface area (Å²) in [7, 11) is -3.01. The van der Waals surface area contributed by atoms with E-state index in [4.69, 9.17) is 15.5 Å². The summed E-state index contributed by atoms with van der Waals surface area (Å²) >= 11 is 0. The summed E-state index contributed by atoms with van der Waals surface area (Å²) in [5.41, 5.74) is 6.75. The topological polar surface area (TPSA) is 132 Å². The molecule has 1 aromatic carbocycles. The van der Waals surface area contributed by atoms with Crippen LogP contribution in [-0.4, -0.2) is 78.1 Å². The van der Waals surface area contributed by atoms with E-state index in [2.05, 4.69) is 10.3 Å². The molecule has 0 bridgehead atoms. The lowest BCUT2D eigenvalue weighted by molar-refractivity contribution is -0.138. The Morgan fingerprint density at radius 1 is 1.10 bits per heavy atom. The van der Waals surface area contributed by atoms with Crippen molar-refractivity contribution in [3.63, 3.8) is 0 Å². The van der Waals surface area contributed by atoms with Gasteiger partial charge in [0.15, 0.2) is 0 Å². The van der Waals surface area contributed by atoms with Crippen LogP contribution in [0.15, 0.2) is 42.7 Å². The van der Waals surface area contributed by atoms with Crippen molar-refractivity contribution in [2.45, 2.75) is 51.0 Å².